The Kier molecular flexibility index (Phi) is 4.12. The van der Waals surface area contributed by atoms with Crippen LogP contribution in [0.2, 0.25) is 0 Å². The van der Waals surface area contributed by atoms with Gasteiger partial charge in [0.05, 0.1) is 11.6 Å². The van der Waals surface area contributed by atoms with Gasteiger partial charge in [0.25, 0.3) is 5.91 Å². The lowest BCUT2D eigenvalue weighted by Gasteiger charge is -2.15. The molecular weight excluding hydrogens is 429 g/mol. The SMILES string of the molecule is O=C(NC1CCc2ccccc21)c1cc(I)ccc1Br. The molecule has 2 aromatic carbocycles. The molecular formula is C16H13BrINO. The molecule has 0 aromatic heterocycles. The van der Waals surface area contributed by atoms with Crippen LogP contribution in [-0.4, -0.2) is 5.91 Å². The molecule has 1 atom stereocenters. The number of carbonyl (C=O) groups excluding carboxylic acids is 1. The Morgan fingerprint density at radius 1 is 1.25 bits per heavy atom. The van der Waals surface area contributed by atoms with Crippen LogP contribution in [0.1, 0.15) is 33.9 Å². The van der Waals surface area contributed by atoms with Gasteiger partial charge in [-0.3, -0.25) is 4.79 Å². The molecule has 3 rings (SSSR count). The molecule has 4 heteroatoms. The zero-order valence-electron chi connectivity index (χ0n) is 10.7. The van der Waals surface area contributed by atoms with Crippen molar-refractivity contribution in [3.63, 3.8) is 0 Å². The van der Waals surface area contributed by atoms with E-state index in [1.807, 2.05) is 24.3 Å². The van der Waals surface area contributed by atoms with Crippen molar-refractivity contribution < 1.29 is 4.79 Å². The van der Waals surface area contributed by atoms with Crippen molar-refractivity contribution in [1.29, 1.82) is 0 Å². The number of benzene rings is 2. The number of aryl methyl sites for hydroxylation is 1. The van der Waals surface area contributed by atoms with Crippen LogP contribution in [0.25, 0.3) is 0 Å². The summed E-state index contributed by atoms with van der Waals surface area (Å²) in [5, 5.41) is 3.15. The lowest BCUT2D eigenvalue weighted by molar-refractivity contribution is 0.0936. The summed E-state index contributed by atoms with van der Waals surface area (Å²) in [6.07, 6.45) is 2.02. The first kappa shape index (κ1) is 14.1. The highest BCUT2D eigenvalue weighted by molar-refractivity contribution is 14.1. The van der Waals surface area contributed by atoms with Crippen molar-refractivity contribution in [3.05, 3.63) is 67.2 Å². The fourth-order valence-corrected chi connectivity index (χ4v) is 3.53. The van der Waals surface area contributed by atoms with E-state index in [2.05, 4.69) is 62.0 Å². The minimum Gasteiger partial charge on any atom is -0.345 e. The standard InChI is InChI=1S/C16H13BrINO/c17-14-7-6-11(18)9-13(14)16(20)19-15-8-5-10-3-1-2-4-12(10)15/h1-4,6-7,9,15H,5,8H2,(H,19,20). The maximum atomic E-state index is 12.4. The summed E-state index contributed by atoms with van der Waals surface area (Å²) in [7, 11) is 0. The number of carbonyl (C=O) groups is 1. The Balaban J connectivity index is 1.82. The molecule has 1 unspecified atom stereocenters. The summed E-state index contributed by atoms with van der Waals surface area (Å²) in [6.45, 7) is 0. The molecule has 2 aromatic rings. The van der Waals surface area contributed by atoms with E-state index in [0.29, 0.717) is 5.56 Å². The van der Waals surface area contributed by atoms with Gasteiger partial charge >= 0.3 is 0 Å². The highest BCUT2D eigenvalue weighted by Crippen LogP contribution is 2.31. The number of nitrogens with one attached hydrogen (secondary N) is 1. The molecule has 1 aliphatic carbocycles. The molecule has 0 spiro atoms. The molecule has 102 valence electrons. The van der Waals surface area contributed by atoms with Gasteiger partial charge in [0.2, 0.25) is 0 Å². The molecule has 1 N–H and O–H groups in total. The molecule has 0 bridgehead atoms. The number of hydrogen-bond donors (Lipinski definition) is 1. The van der Waals surface area contributed by atoms with E-state index in [0.717, 1.165) is 20.9 Å². The number of halogens is 2. The Morgan fingerprint density at radius 3 is 2.90 bits per heavy atom. The molecule has 0 saturated heterocycles. The van der Waals surface area contributed by atoms with E-state index < -0.39 is 0 Å². The maximum Gasteiger partial charge on any atom is 0.252 e. The van der Waals surface area contributed by atoms with Crippen molar-refractivity contribution in [2.45, 2.75) is 18.9 Å². The Morgan fingerprint density at radius 2 is 2.05 bits per heavy atom. The van der Waals surface area contributed by atoms with E-state index in [1.165, 1.54) is 11.1 Å². The largest absolute Gasteiger partial charge is 0.345 e. The monoisotopic (exact) mass is 441 g/mol. The third-order valence-electron chi connectivity index (χ3n) is 3.61. The van der Waals surface area contributed by atoms with Crippen LogP contribution in [0.15, 0.2) is 46.9 Å². The first-order chi connectivity index (χ1) is 9.65. The fourth-order valence-electron chi connectivity index (χ4n) is 2.61. The lowest BCUT2D eigenvalue weighted by Crippen LogP contribution is -2.27. The number of rotatable bonds is 2. The fraction of sp³-hybridized carbons (Fsp3) is 0.188. The van der Waals surface area contributed by atoms with Crippen molar-refractivity contribution in [1.82, 2.24) is 5.32 Å². The zero-order valence-corrected chi connectivity index (χ0v) is 14.4. The van der Waals surface area contributed by atoms with Crippen LogP contribution in [0, 0.1) is 3.57 Å². The minimum absolute atomic E-state index is 0.0166. The average molecular weight is 442 g/mol. The Bertz CT molecular complexity index is 671. The van der Waals surface area contributed by atoms with Crippen molar-refractivity contribution in [2.75, 3.05) is 0 Å². The van der Waals surface area contributed by atoms with Crippen molar-refractivity contribution in [3.8, 4) is 0 Å². The van der Waals surface area contributed by atoms with Gasteiger partial charge < -0.3 is 5.32 Å². The second-order valence-corrected chi connectivity index (χ2v) is 6.99. The maximum absolute atomic E-state index is 12.4. The van der Waals surface area contributed by atoms with Crippen LogP contribution < -0.4 is 5.32 Å². The van der Waals surface area contributed by atoms with Gasteiger partial charge in [-0.1, -0.05) is 24.3 Å². The molecule has 1 aliphatic rings. The summed E-state index contributed by atoms with van der Waals surface area (Å²) in [5.41, 5.74) is 3.29. The third kappa shape index (κ3) is 2.76. The van der Waals surface area contributed by atoms with Crippen LogP contribution in [-0.2, 0) is 6.42 Å². The predicted molar refractivity (Wildman–Crippen MR) is 91.8 cm³/mol. The second-order valence-electron chi connectivity index (χ2n) is 4.89. The van der Waals surface area contributed by atoms with Gasteiger partial charge in [-0.2, -0.15) is 0 Å². The van der Waals surface area contributed by atoms with Gasteiger partial charge in [0.1, 0.15) is 0 Å². The molecule has 0 radical (unpaired) electrons. The van der Waals surface area contributed by atoms with Crippen molar-refractivity contribution >= 4 is 44.4 Å². The predicted octanol–water partition coefficient (Wildman–Crippen LogP) is 4.47. The van der Waals surface area contributed by atoms with E-state index in [1.54, 1.807) is 0 Å². The smallest absolute Gasteiger partial charge is 0.252 e. The van der Waals surface area contributed by atoms with Gasteiger partial charge in [0.15, 0.2) is 0 Å². The topological polar surface area (TPSA) is 29.1 Å². The number of amides is 1. The molecule has 0 fully saturated rings. The van der Waals surface area contributed by atoms with Crippen LogP contribution in [0.4, 0.5) is 0 Å². The third-order valence-corrected chi connectivity index (χ3v) is 4.97. The molecule has 20 heavy (non-hydrogen) atoms. The summed E-state index contributed by atoms with van der Waals surface area (Å²) >= 11 is 5.67. The van der Waals surface area contributed by atoms with E-state index in [9.17, 15) is 4.79 Å². The number of fused-ring (bicyclic) bond motifs is 1. The second kappa shape index (κ2) is 5.85. The molecule has 0 aliphatic heterocycles. The highest BCUT2D eigenvalue weighted by Gasteiger charge is 2.24. The van der Waals surface area contributed by atoms with Crippen LogP contribution >= 0.6 is 38.5 Å². The molecule has 0 heterocycles. The van der Waals surface area contributed by atoms with E-state index in [4.69, 9.17) is 0 Å². The van der Waals surface area contributed by atoms with Gasteiger partial charge in [0, 0.05) is 8.04 Å². The van der Waals surface area contributed by atoms with Gasteiger partial charge in [-0.25, -0.2) is 0 Å². The normalized spacial score (nSPS) is 16.8. The van der Waals surface area contributed by atoms with Crippen LogP contribution in [0.5, 0.6) is 0 Å². The summed E-state index contributed by atoms with van der Waals surface area (Å²) < 4.78 is 1.89. The average Bonchev–Trinajstić information content (AvgIpc) is 2.85. The summed E-state index contributed by atoms with van der Waals surface area (Å²) in [6, 6.07) is 14.3. The molecule has 1 amide bonds. The highest BCUT2D eigenvalue weighted by atomic mass is 127. The summed E-state index contributed by atoms with van der Waals surface area (Å²) in [4.78, 5) is 12.4. The van der Waals surface area contributed by atoms with Gasteiger partial charge in [-0.15, -0.1) is 0 Å². The zero-order chi connectivity index (χ0) is 14.1. The minimum atomic E-state index is -0.0166. The van der Waals surface area contributed by atoms with E-state index >= 15 is 0 Å². The van der Waals surface area contributed by atoms with Gasteiger partial charge in [-0.05, 0) is 80.7 Å². The Hall–Kier alpha value is -0.880. The summed E-state index contributed by atoms with van der Waals surface area (Å²) in [5.74, 6) is -0.0166. The van der Waals surface area contributed by atoms with Crippen molar-refractivity contribution in [2.24, 2.45) is 0 Å². The first-order valence-corrected chi connectivity index (χ1v) is 8.36. The molecule has 2 nitrogen and oxygen atoms in total. The lowest BCUT2D eigenvalue weighted by atomic mass is 10.1. The number of hydrogen-bond acceptors (Lipinski definition) is 1. The Labute approximate surface area is 140 Å². The van der Waals surface area contributed by atoms with Crippen LogP contribution in [0.3, 0.4) is 0 Å². The first-order valence-electron chi connectivity index (χ1n) is 6.49. The molecule has 0 saturated carbocycles. The van der Waals surface area contributed by atoms with E-state index in [-0.39, 0.29) is 11.9 Å². The quantitative estimate of drug-likeness (QED) is 0.684.